The maximum absolute atomic E-state index is 12.8. The zero-order valence-corrected chi connectivity index (χ0v) is 8.48. The Kier molecular flexibility index (Phi) is 4.11. The predicted molar refractivity (Wildman–Crippen MR) is 52.3 cm³/mol. The van der Waals surface area contributed by atoms with Gasteiger partial charge in [0.15, 0.2) is 17.7 Å². The molecule has 1 aromatic carbocycles. The van der Waals surface area contributed by atoms with Crippen molar-refractivity contribution >= 4 is 11.9 Å². The third kappa shape index (κ3) is 3.22. The standard InChI is InChI=1S/C10H9F2NO4/c11-6-2-1-5(3-7(6)12)9(15)13-8(4-14)10(16)17/h1-3,8,14H,4H2,(H,13,15)(H,16,17)/t8-/m0/s1. The molecule has 1 aromatic rings. The van der Waals surface area contributed by atoms with Crippen LogP contribution in [0.4, 0.5) is 8.78 Å². The van der Waals surface area contributed by atoms with Crippen LogP contribution in [-0.4, -0.2) is 34.7 Å². The van der Waals surface area contributed by atoms with Crippen LogP contribution in [-0.2, 0) is 4.79 Å². The summed E-state index contributed by atoms with van der Waals surface area (Å²) in [4.78, 5) is 21.9. The first-order valence-electron chi connectivity index (χ1n) is 4.55. The molecule has 0 saturated carbocycles. The maximum atomic E-state index is 12.8. The van der Waals surface area contributed by atoms with Crippen molar-refractivity contribution in [2.45, 2.75) is 6.04 Å². The summed E-state index contributed by atoms with van der Waals surface area (Å²) in [5.41, 5.74) is -0.233. The van der Waals surface area contributed by atoms with Gasteiger partial charge in [-0.05, 0) is 18.2 Å². The molecule has 7 heteroatoms. The molecule has 0 heterocycles. The van der Waals surface area contributed by atoms with Crippen molar-refractivity contribution in [3.63, 3.8) is 0 Å². The number of hydrogen-bond donors (Lipinski definition) is 3. The van der Waals surface area contributed by atoms with Gasteiger partial charge in [0.2, 0.25) is 0 Å². The van der Waals surface area contributed by atoms with E-state index in [0.29, 0.717) is 6.07 Å². The largest absolute Gasteiger partial charge is 0.480 e. The lowest BCUT2D eigenvalue weighted by Gasteiger charge is -2.11. The first kappa shape index (κ1) is 13.0. The van der Waals surface area contributed by atoms with Crippen LogP contribution in [0.15, 0.2) is 18.2 Å². The Balaban J connectivity index is 2.82. The summed E-state index contributed by atoms with van der Waals surface area (Å²) >= 11 is 0. The van der Waals surface area contributed by atoms with E-state index in [-0.39, 0.29) is 5.56 Å². The number of carbonyl (C=O) groups is 2. The van der Waals surface area contributed by atoms with E-state index in [1.807, 2.05) is 5.32 Å². The summed E-state index contributed by atoms with van der Waals surface area (Å²) < 4.78 is 25.4. The summed E-state index contributed by atoms with van der Waals surface area (Å²) in [5, 5.41) is 19.2. The molecule has 0 unspecified atom stereocenters. The topological polar surface area (TPSA) is 86.6 Å². The van der Waals surface area contributed by atoms with Crippen molar-refractivity contribution in [1.29, 1.82) is 0 Å². The van der Waals surface area contributed by atoms with Gasteiger partial charge in [-0.2, -0.15) is 0 Å². The number of amides is 1. The third-order valence-electron chi connectivity index (χ3n) is 1.97. The predicted octanol–water partition coefficient (Wildman–Crippen LogP) is 0.140. The van der Waals surface area contributed by atoms with Crippen molar-refractivity contribution in [2.75, 3.05) is 6.61 Å². The highest BCUT2D eigenvalue weighted by Crippen LogP contribution is 2.08. The second kappa shape index (κ2) is 5.35. The number of carboxylic acids is 1. The molecule has 92 valence electrons. The van der Waals surface area contributed by atoms with Crippen LogP contribution >= 0.6 is 0 Å². The monoisotopic (exact) mass is 245 g/mol. The molecule has 17 heavy (non-hydrogen) atoms. The number of carboxylic acid groups (broad SMARTS) is 1. The SMILES string of the molecule is O=C(N[C@@H](CO)C(=O)O)c1ccc(F)c(F)c1. The highest BCUT2D eigenvalue weighted by molar-refractivity contribution is 5.96. The van der Waals surface area contributed by atoms with E-state index < -0.39 is 36.2 Å². The van der Waals surface area contributed by atoms with Crippen LogP contribution in [0.25, 0.3) is 0 Å². The van der Waals surface area contributed by atoms with E-state index in [1.54, 1.807) is 0 Å². The minimum atomic E-state index is -1.49. The molecule has 0 spiro atoms. The highest BCUT2D eigenvalue weighted by atomic mass is 19.2. The fraction of sp³-hybridized carbons (Fsp3) is 0.200. The van der Waals surface area contributed by atoms with E-state index in [9.17, 15) is 18.4 Å². The Morgan fingerprint density at radius 1 is 1.29 bits per heavy atom. The number of aliphatic hydroxyl groups excluding tert-OH is 1. The normalized spacial score (nSPS) is 11.9. The fourth-order valence-corrected chi connectivity index (χ4v) is 1.06. The van der Waals surface area contributed by atoms with Gasteiger partial charge >= 0.3 is 5.97 Å². The Bertz CT molecular complexity index is 450. The quantitative estimate of drug-likeness (QED) is 0.704. The molecule has 0 aliphatic carbocycles. The van der Waals surface area contributed by atoms with Crippen LogP contribution in [0.2, 0.25) is 0 Å². The number of benzene rings is 1. The molecule has 0 fully saturated rings. The van der Waals surface area contributed by atoms with Gasteiger partial charge in [-0.15, -0.1) is 0 Å². The lowest BCUT2D eigenvalue weighted by molar-refractivity contribution is -0.140. The van der Waals surface area contributed by atoms with Gasteiger partial charge in [-0.25, -0.2) is 13.6 Å². The van der Waals surface area contributed by atoms with Crippen LogP contribution < -0.4 is 5.32 Å². The first-order valence-corrected chi connectivity index (χ1v) is 4.55. The van der Waals surface area contributed by atoms with Crippen molar-refractivity contribution < 1.29 is 28.6 Å². The molecule has 0 aliphatic heterocycles. The molecule has 0 aliphatic rings. The van der Waals surface area contributed by atoms with Crippen molar-refractivity contribution in [1.82, 2.24) is 5.32 Å². The first-order chi connectivity index (χ1) is 7.95. The number of nitrogens with one attached hydrogen (secondary N) is 1. The van der Waals surface area contributed by atoms with Crippen molar-refractivity contribution in [3.05, 3.63) is 35.4 Å². The van der Waals surface area contributed by atoms with E-state index in [1.165, 1.54) is 0 Å². The molecular weight excluding hydrogens is 236 g/mol. The zero-order chi connectivity index (χ0) is 13.0. The molecule has 0 aromatic heterocycles. The van der Waals surface area contributed by atoms with E-state index in [0.717, 1.165) is 12.1 Å². The molecule has 0 radical (unpaired) electrons. The smallest absolute Gasteiger partial charge is 0.328 e. The number of halogens is 2. The molecule has 5 nitrogen and oxygen atoms in total. The van der Waals surface area contributed by atoms with Gasteiger partial charge < -0.3 is 15.5 Å². The minimum Gasteiger partial charge on any atom is -0.480 e. The summed E-state index contributed by atoms with van der Waals surface area (Å²) in [6.45, 7) is -0.801. The Morgan fingerprint density at radius 3 is 2.41 bits per heavy atom. The Labute approximate surface area is 94.7 Å². The molecule has 3 N–H and O–H groups in total. The van der Waals surface area contributed by atoms with Gasteiger partial charge in [-0.1, -0.05) is 0 Å². The van der Waals surface area contributed by atoms with Gasteiger partial charge in [-0.3, -0.25) is 4.79 Å². The summed E-state index contributed by atoms with van der Waals surface area (Å²) in [5.74, 6) is -4.67. The van der Waals surface area contributed by atoms with E-state index in [4.69, 9.17) is 10.2 Å². The minimum absolute atomic E-state index is 0.233. The average molecular weight is 245 g/mol. The van der Waals surface area contributed by atoms with Gasteiger partial charge in [0, 0.05) is 5.56 Å². The summed E-state index contributed by atoms with van der Waals surface area (Å²) in [7, 11) is 0. The van der Waals surface area contributed by atoms with Gasteiger partial charge in [0.1, 0.15) is 0 Å². The Hall–Kier alpha value is -2.02. The van der Waals surface area contributed by atoms with Crippen LogP contribution in [0, 0.1) is 11.6 Å². The van der Waals surface area contributed by atoms with E-state index in [2.05, 4.69) is 0 Å². The van der Waals surface area contributed by atoms with Crippen molar-refractivity contribution in [3.8, 4) is 0 Å². The van der Waals surface area contributed by atoms with Crippen LogP contribution in [0.5, 0.6) is 0 Å². The lowest BCUT2D eigenvalue weighted by atomic mass is 10.2. The summed E-state index contributed by atoms with van der Waals surface area (Å²) in [6.07, 6.45) is 0. The zero-order valence-electron chi connectivity index (χ0n) is 8.48. The van der Waals surface area contributed by atoms with Gasteiger partial charge in [0.25, 0.3) is 5.91 Å². The molecule has 0 saturated heterocycles. The van der Waals surface area contributed by atoms with Gasteiger partial charge in [0.05, 0.1) is 6.61 Å². The van der Waals surface area contributed by atoms with Crippen LogP contribution in [0.3, 0.4) is 0 Å². The number of carbonyl (C=O) groups excluding carboxylic acids is 1. The molecule has 0 bridgehead atoms. The van der Waals surface area contributed by atoms with Crippen molar-refractivity contribution in [2.24, 2.45) is 0 Å². The second-order valence-corrected chi connectivity index (χ2v) is 3.18. The number of rotatable bonds is 4. The fourth-order valence-electron chi connectivity index (χ4n) is 1.06. The Morgan fingerprint density at radius 2 is 1.94 bits per heavy atom. The summed E-state index contributed by atoms with van der Waals surface area (Å²) in [6, 6.07) is 0.903. The average Bonchev–Trinajstić information content (AvgIpc) is 2.28. The van der Waals surface area contributed by atoms with E-state index >= 15 is 0 Å². The number of aliphatic hydroxyl groups is 1. The second-order valence-electron chi connectivity index (χ2n) is 3.18. The molecule has 1 rings (SSSR count). The third-order valence-corrected chi connectivity index (χ3v) is 1.97. The number of aliphatic carboxylic acids is 1. The maximum Gasteiger partial charge on any atom is 0.328 e. The van der Waals surface area contributed by atoms with Crippen LogP contribution in [0.1, 0.15) is 10.4 Å². The molecule has 1 amide bonds. The highest BCUT2D eigenvalue weighted by Gasteiger charge is 2.20. The molecule has 1 atom stereocenters. The molecular formula is C10H9F2NO4. The number of hydrogen-bond acceptors (Lipinski definition) is 3. The lowest BCUT2D eigenvalue weighted by Crippen LogP contribution is -2.43.